The largest absolute Gasteiger partial charge is 0.384 e. The third kappa shape index (κ3) is 4.07. The summed E-state index contributed by atoms with van der Waals surface area (Å²) in [5, 5.41) is 0. The first kappa shape index (κ1) is 15.6. The number of hydrogen-bond acceptors (Lipinski definition) is 3. The topological polar surface area (TPSA) is 55.6 Å². The van der Waals surface area contributed by atoms with Gasteiger partial charge in [-0.3, -0.25) is 4.79 Å². The highest BCUT2D eigenvalue weighted by molar-refractivity contribution is 5.96. The third-order valence-electron chi connectivity index (χ3n) is 3.79. The Bertz CT molecular complexity index is 537. The molecule has 0 aromatic heterocycles. The normalized spacial score (nSPS) is 15.4. The van der Waals surface area contributed by atoms with Gasteiger partial charge in [0.1, 0.15) is 0 Å². The number of hydrogen-bond donors (Lipinski definition) is 1. The van der Waals surface area contributed by atoms with Crippen molar-refractivity contribution < 1.29 is 9.53 Å². The molecule has 1 fully saturated rings. The van der Waals surface area contributed by atoms with Crippen LogP contribution in [0.4, 0.5) is 0 Å². The van der Waals surface area contributed by atoms with Gasteiger partial charge in [0.15, 0.2) is 0 Å². The summed E-state index contributed by atoms with van der Waals surface area (Å²) in [6.45, 7) is 2.64. The fourth-order valence-corrected chi connectivity index (χ4v) is 2.63. The number of benzene rings is 1. The fraction of sp³-hybridized carbons (Fsp3) is 0.471. The summed E-state index contributed by atoms with van der Waals surface area (Å²) in [4.78, 5) is 14.6. The number of methoxy groups -OCH3 is 1. The fourth-order valence-electron chi connectivity index (χ4n) is 2.63. The minimum Gasteiger partial charge on any atom is -0.384 e. The Kier molecular flexibility index (Phi) is 5.79. The summed E-state index contributed by atoms with van der Waals surface area (Å²) in [7, 11) is 1.73. The molecule has 1 aromatic rings. The molecule has 1 heterocycles. The van der Waals surface area contributed by atoms with Gasteiger partial charge in [0.25, 0.3) is 5.91 Å². The van der Waals surface area contributed by atoms with Crippen molar-refractivity contribution in [2.75, 3.05) is 33.4 Å². The molecule has 2 N–H and O–H groups in total. The van der Waals surface area contributed by atoms with E-state index < -0.39 is 0 Å². The minimum atomic E-state index is 0.0628. The van der Waals surface area contributed by atoms with Crippen LogP contribution < -0.4 is 5.73 Å². The lowest BCUT2D eigenvalue weighted by atomic mass is 9.96. The van der Waals surface area contributed by atoms with Crippen LogP contribution in [-0.4, -0.2) is 44.2 Å². The number of ether oxygens (including phenoxy) is 1. The number of amides is 1. The summed E-state index contributed by atoms with van der Waals surface area (Å²) in [5.41, 5.74) is 6.83. The molecule has 21 heavy (non-hydrogen) atoms. The van der Waals surface area contributed by atoms with Crippen molar-refractivity contribution in [1.82, 2.24) is 4.90 Å². The highest BCUT2D eigenvalue weighted by Gasteiger charge is 2.24. The second kappa shape index (κ2) is 7.82. The highest BCUT2D eigenvalue weighted by atomic mass is 16.5. The molecule has 1 saturated heterocycles. The predicted molar refractivity (Wildman–Crippen MR) is 82.9 cm³/mol. The van der Waals surface area contributed by atoms with Crippen LogP contribution in [0.15, 0.2) is 24.3 Å². The summed E-state index contributed by atoms with van der Waals surface area (Å²) >= 11 is 0. The van der Waals surface area contributed by atoms with E-state index in [1.165, 1.54) is 0 Å². The van der Waals surface area contributed by atoms with Crippen molar-refractivity contribution in [2.45, 2.75) is 12.8 Å². The SMILES string of the molecule is COCC1CCN(C(=O)c2ccccc2C#CCN)CC1. The van der Waals surface area contributed by atoms with E-state index in [1.807, 2.05) is 29.2 Å². The molecule has 2 rings (SSSR count). The zero-order chi connectivity index (χ0) is 15.1. The lowest BCUT2D eigenvalue weighted by Crippen LogP contribution is -2.39. The van der Waals surface area contributed by atoms with Crippen LogP contribution in [0.1, 0.15) is 28.8 Å². The second-order valence-electron chi connectivity index (χ2n) is 5.24. The first-order valence-electron chi connectivity index (χ1n) is 7.32. The first-order chi connectivity index (χ1) is 10.3. The van der Waals surface area contributed by atoms with Gasteiger partial charge < -0.3 is 15.4 Å². The Balaban J connectivity index is 2.07. The van der Waals surface area contributed by atoms with Gasteiger partial charge in [-0.05, 0) is 30.9 Å². The van der Waals surface area contributed by atoms with Gasteiger partial charge in [-0.2, -0.15) is 0 Å². The molecule has 0 saturated carbocycles. The van der Waals surface area contributed by atoms with Crippen LogP contribution in [0.3, 0.4) is 0 Å². The minimum absolute atomic E-state index is 0.0628. The maximum absolute atomic E-state index is 12.6. The Morgan fingerprint density at radius 1 is 1.38 bits per heavy atom. The van der Waals surface area contributed by atoms with Gasteiger partial charge in [0.2, 0.25) is 0 Å². The van der Waals surface area contributed by atoms with Crippen LogP contribution in [-0.2, 0) is 4.74 Å². The van der Waals surface area contributed by atoms with E-state index in [9.17, 15) is 4.79 Å². The van der Waals surface area contributed by atoms with Crippen LogP contribution in [0.25, 0.3) is 0 Å². The summed E-state index contributed by atoms with van der Waals surface area (Å²) in [6, 6.07) is 7.47. The van der Waals surface area contributed by atoms with Gasteiger partial charge in [-0.25, -0.2) is 0 Å². The Morgan fingerprint density at radius 3 is 2.76 bits per heavy atom. The maximum atomic E-state index is 12.6. The standard InChI is InChI=1S/C17H22N2O2/c1-21-13-14-8-11-19(12-9-14)17(20)16-7-3-2-5-15(16)6-4-10-18/h2-3,5,7,14H,8-13,18H2,1H3. The molecule has 1 amide bonds. The third-order valence-corrected chi connectivity index (χ3v) is 3.79. The molecule has 0 radical (unpaired) electrons. The molecule has 1 aliphatic rings. The highest BCUT2D eigenvalue weighted by Crippen LogP contribution is 2.20. The van der Waals surface area contributed by atoms with E-state index >= 15 is 0 Å². The average Bonchev–Trinajstić information content (AvgIpc) is 2.53. The van der Waals surface area contributed by atoms with Crippen LogP contribution in [0.5, 0.6) is 0 Å². The Labute approximate surface area is 126 Å². The zero-order valence-electron chi connectivity index (χ0n) is 12.5. The van der Waals surface area contributed by atoms with E-state index in [2.05, 4.69) is 11.8 Å². The number of carbonyl (C=O) groups is 1. The van der Waals surface area contributed by atoms with Gasteiger partial charge in [-0.15, -0.1) is 0 Å². The number of piperidine rings is 1. The molecule has 1 aliphatic heterocycles. The van der Waals surface area contributed by atoms with Gasteiger partial charge >= 0.3 is 0 Å². The van der Waals surface area contributed by atoms with Crippen LogP contribution in [0.2, 0.25) is 0 Å². The molecular formula is C17H22N2O2. The molecule has 0 atom stereocenters. The monoisotopic (exact) mass is 286 g/mol. The van der Waals surface area contributed by atoms with Crippen LogP contribution in [0, 0.1) is 17.8 Å². The van der Waals surface area contributed by atoms with Crippen molar-refractivity contribution in [3.8, 4) is 11.8 Å². The molecule has 1 aromatic carbocycles. The zero-order valence-corrected chi connectivity index (χ0v) is 12.5. The van der Waals surface area contributed by atoms with E-state index in [1.54, 1.807) is 7.11 Å². The molecular weight excluding hydrogens is 264 g/mol. The van der Waals surface area contributed by atoms with Crippen molar-refractivity contribution in [2.24, 2.45) is 11.7 Å². The van der Waals surface area contributed by atoms with E-state index in [0.717, 1.165) is 38.1 Å². The van der Waals surface area contributed by atoms with Gasteiger partial charge in [0.05, 0.1) is 12.1 Å². The second-order valence-corrected chi connectivity index (χ2v) is 5.24. The number of likely N-dealkylation sites (tertiary alicyclic amines) is 1. The number of rotatable bonds is 3. The Hall–Kier alpha value is -1.83. The molecule has 4 nitrogen and oxygen atoms in total. The number of nitrogens with zero attached hydrogens (tertiary/aromatic N) is 1. The first-order valence-corrected chi connectivity index (χ1v) is 7.32. The van der Waals surface area contributed by atoms with Gasteiger partial charge in [-0.1, -0.05) is 24.0 Å². The quantitative estimate of drug-likeness (QED) is 0.857. The Morgan fingerprint density at radius 2 is 2.10 bits per heavy atom. The predicted octanol–water partition coefficient (Wildman–Crippen LogP) is 1.50. The molecule has 0 aliphatic carbocycles. The van der Waals surface area contributed by atoms with E-state index in [4.69, 9.17) is 10.5 Å². The van der Waals surface area contributed by atoms with Crippen molar-refractivity contribution in [1.29, 1.82) is 0 Å². The molecule has 0 bridgehead atoms. The molecule has 112 valence electrons. The van der Waals surface area contributed by atoms with Crippen molar-refractivity contribution in [3.63, 3.8) is 0 Å². The molecule has 0 unspecified atom stereocenters. The van der Waals surface area contributed by atoms with E-state index in [0.29, 0.717) is 18.0 Å². The van der Waals surface area contributed by atoms with Gasteiger partial charge in [0, 0.05) is 32.4 Å². The lowest BCUT2D eigenvalue weighted by Gasteiger charge is -2.32. The molecule has 4 heteroatoms. The maximum Gasteiger partial charge on any atom is 0.255 e. The van der Waals surface area contributed by atoms with Crippen molar-refractivity contribution >= 4 is 5.91 Å². The summed E-state index contributed by atoms with van der Waals surface area (Å²) < 4.78 is 5.19. The summed E-state index contributed by atoms with van der Waals surface area (Å²) in [6.07, 6.45) is 1.99. The molecule has 0 spiro atoms. The smallest absolute Gasteiger partial charge is 0.255 e. The van der Waals surface area contributed by atoms with Crippen molar-refractivity contribution in [3.05, 3.63) is 35.4 Å². The average molecular weight is 286 g/mol. The van der Waals surface area contributed by atoms with E-state index in [-0.39, 0.29) is 5.91 Å². The number of carbonyl (C=O) groups excluding carboxylic acids is 1. The summed E-state index contributed by atoms with van der Waals surface area (Å²) in [5.74, 6) is 6.42. The van der Waals surface area contributed by atoms with Crippen LogP contribution >= 0.6 is 0 Å². The lowest BCUT2D eigenvalue weighted by molar-refractivity contribution is 0.0613. The number of nitrogens with two attached hydrogens (primary N) is 1.